The highest BCUT2D eigenvalue weighted by atomic mass is 127. The summed E-state index contributed by atoms with van der Waals surface area (Å²) in [4.78, 5) is 3.96. The van der Waals surface area contributed by atoms with Gasteiger partial charge in [-0.25, -0.2) is 4.98 Å². The van der Waals surface area contributed by atoms with Gasteiger partial charge in [0.25, 0.3) is 0 Å². The Hall–Kier alpha value is -0.0300. The molecule has 1 aromatic heterocycles. The second-order valence-corrected chi connectivity index (χ2v) is 4.34. The van der Waals surface area contributed by atoms with Crippen LogP contribution in [0.5, 0.6) is 0 Å². The van der Waals surface area contributed by atoms with Crippen LogP contribution in [0.4, 0.5) is 5.69 Å². The van der Waals surface area contributed by atoms with Gasteiger partial charge in [-0.1, -0.05) is 11.6 Å². The number of anilines is 1. The Kier molecular flexibility index (Phi) is 3.58. The highest BCUT2D eigenvalue weighted by molar-refractivity contribution is 14.1. The molecule has 1 rings (SSSR count). The van der Waals surface area contributed by atoms with Gasteiger partial charge in [0.2, 0.25) is 0 Å². The number of nitrogens with one attached hydrogen (secondary N) is 1. The topological polar surface area (TPSA) is 24.9 Å². The molecule has 4 heteroatoms. The lowest BCUT2D eigenvalue weighted by atomic mass is 10.3. The van der Waals surface area contributed by atoms with E-state index in [9.17, 15) is 0 Å². The van der Waals surface area contributed by atoms with E-state index in [1.165, 1.54) is 0 Å². The van der Waals surface area contributed by atoms with Crippen molar-refractivity contribution >= 4 is 39.9 Å². The van der Waals surface area contributed by atoms with Crippen molar-refractivity contribution < 1.29 is 0 Å². The highest BCUT2D eigenvalue weighted by Gasteiger charge is 2.01. The molecule has 0 aliphatic rings. The molecule has 0 aliphatic carbocycles. The lowest BCUT2D eigenvalue weighted by molar-refractivity contribution is 0.897. The summed E-state index contributed by atoms with van der Waals surface area (Å²) in [6, 6.07) is 2.25. The lowest BCUT2D eigenvalue weighted by Gasteiger charge is -2.11. The zero-order chi connectivity index (χ0) is 9.14. The maximum atomic E-state index is 5.75. The maximum Gasteiger partial charge on any atom is 0.131 e. The van der Waals surface area contributed by atoms with E-state index < -0.39 is 0 Å². The summed E-state index contributed by atoms with van der Waals surface area (Å²) in [5.74, 6) is 0. The summed E-state index contributed by atoms with van der Waals surface area (Å²) < 4.78 is 1.09. The molecule has 0 saturated carbocycles. The third-order valence-corrected chi connectivity index (χ3v) is 2.33. The van der Waals surface area contributed by atoms with E-state index in [1.807, 2.05) is 6.07 Å². The first-order valence-electron chi connectivity index (χ1n) is 3.67. The highest BCUT2D eigenvalue weighted by Crippen LogP contribution is 2.20. The van der Waals surface area contributed by atoms with Crippen molar-refractivity contribution in [2.45, 2.75) is 19.9 Å². The summed E-state index contributed by atoms with van der Waals surface area (Å²) in [5.41, 5.74) is 1.05. The van der Waals surface area contributed by atoms with Gasteiger partial charge in [-0.3, -0.25) is 0 Å². The molecule has 0 radical (unpaired) electrons. The Morgan fingerprint density at radius 1 is 1.58 bits per heavy atom. The van der Waals surface area contributed by atoms with E-state index in [2.05, 4.69) is 46.7 Å². The smallest absolute Gasteiger partial charge is 0.131 e. The molecular weight excluding hydrogens is 286 g/mol. The van der Waals surface area contributed by atoms with Crippen LogP contribution in [0.3, 0.4) is 0 Å². The van der Waals surface area contributed by atoms with Crippen LogP contribution in [0.15, 0.2) is 12.3 Å². The summed E-state index contributed by atoms with van der Waals surface area (Å²) in [6.45, 7) is 4.18. The monoisotopic (exact) mass is 296 g/mol. The summed E-state index contributed by atoms with van der Waals surface area (Å²) >= 11 is 7.97. The van der Waals surface area contributed by atoms with Crippen molar-refractivity contribution in [2.24, 2.45) is 0 Å². The SMILES string of the molecule is CC(C)Nc1cc(Cl)ncc1I. The molecule has 2 nitrogen and oxygen atoms in total. The van der Waals surface area contributed by atoms with Gasteiger partial charge >= 0.3 is 0 Å². The number of aromatic nitrogens is 1. The molecule has 12 heavy (non-hydrogen) atoms. The molecule has 0 unspecified atom stereocenters. The molecule has 0 bridgehead atoms. The molecule has 0 amide bonds. The Labute approximate surface area is 90.9 Å². The van der Waals surface area contributed by atoms with Gasteiger partial charge in [-0.2, -0.15) is 0 Å². The van der Waals surface area contributed by atoms with E-state index in [4.69, 9.17) is 11.6 Å². The van der Waals surface area contributed by atoms with Crippen LogP contribution in [0, 0.1) is 3.57 Å². The van der Waals surface area contributed by atoms with Crippen LogP contribution in [-0.4, -0.2) is 11.0 Å². The van der Waals surface area contributed by atoms with Crippen molar-refractivity contribution in [2.75, 3.05) is 5.32 Å². The number of hydrogen-bond donors (Lipinski definition) is 1. The van der Waals surface area contributed by atoms with Crippen molar-refractivity contribution in [1.29, 1.82) is 0 Å². The summed E-state index contributed by atoms with van der Waals surface area (Å²) in [6.07, 6.45) is 1.76. The van der Waals surface area contributed by atoms with Gasteiger partial charge in [-0.05, 0) is 42.5 Å². The minimum Gasteiger partial charge on any atom is -0.382 e. The molecule has 0 fully saturated rings. The molecule has 0 aliphatic heterocycles. The number of nitrogens with zero attached hydrogens (tertiary/aromatic N) is 1. The Morgan fingerprint density at radius 2 is 2.25 bits per heavy atom. The fraction of sp³-hybridized carbons (Fsp3) is 0.375. The van der Waals surface area contributed by atoms with Crippen LogP contribution in [0.2, 0.25) is 5.15 Å². The summed E-state index contributed by atoms with van der Waals surface area (Å²) in [7, 11) is 0. The molecule has 1 heterocycles. The molecule has 0 spiro atoms. The predicted octanol–water partition coefficient (Wildman–Crippen LogP) is 3.16. The van der Waals surface area contributed by atoms with Gasteiger partial charge in [0.05, 0.1) is 9.26 Å². The minimum absolute atomic E-state index is 0.414. The second kappa shape index (κ2) is 4.28. The molecule has 1 N–H and O–H groups in total. The van der Waals surface area contributed by atoms with E-state index in [1.54, 1.807) is 6.20 Å². The zero-order valence-electron chi connectivity index (χ0n) is 6.94. The number of hydrogen-bond acceptors (Lipinski definition) is 2. The Bertz CT molecular complexity index is 276. The summed E-state index contributed by atoms with van der Waals surface area (Å²) in [5, 5.41) is 3.81. The van der Waals surface area contributed by atoms with Crippen LogP contribution in [-0.2, 0) is 0 Å². The number of rotatable bonds is 2. The third kappa shape index (κ3) is 2.79. The van der Waals surface area contributed by atoms with Crippen LogP contribution in [0.1, 0.15) is 13.8 Å². The predicted molar refractivity (Wildman–Crippen MR) is 60.7 cm³/mol. The van der Waals surface area contributed by atoms with Gasteiger partial charge < -0.3 is 5.32 Å². The Balaban J connectivity index is 2.90. The van der Waals surface area contributed by atoms with E-state index in [0.29, 0.717) is 11.2 Å². The van der Waals surface area contributed by atoms with E-state index in [0.717, 1.165) is 9.26 Å². The van der Waals surface area contributed by atoms with Gasteiger partial charge in [0.15, 0.2) is 0 Å². The molecule has 66 valence electrons. The largest absolute Gasteiger partial charge is 0.382 e. The molecule has 1 aromatic rings. The van der Waals surface area contributed by atoms with E-state index >= 15 is 0 Å². The molecular formula is C8H10ClIN2. The Morgan fingerprint density at radius 3 is 2.83 bits per heavy atom. The second-order valence-electron chi connectivity index (χ2n) is 2.79. The van der Waals surface area contributed by atoms with Crippen molar-refractivity contribution in [3.8, 4) is 0 Å². The average molecular weight is 297 g/mol. The zero-order valence-corrected chi connectivity index (χ0v) is 9.85. The van der Waals surface area contributed by atoms with Crippen molar-refractivity contribution in [3.63, 3.8) is 0 Å². The van der Waals surface area contributed by atoms with Crippen LogP contribution < -0.4 is 5.32 Å². The third-order valence-electron chi connectivity index (χ3n) is 1.27. The first-order valence-corrected chi connectivity index (χ1v) is 5.13. The van der Waals surface area contributed by atoms with Gasteiger partial charge in [0.1, 0.15) is 5.15 Å². The standard InChI is InChI=1S/C8H10ClIN2/c1-5(2)12-7-3-8(9)11-4-6(7)10/h3-5H,1-2H3,(H,11,12). The first kappa shape index (κ1) is 10.1. The quantitative estimate of drug-likeness (QED) is 0.670. The van der Waals surface area contributed by atoms with Gasteiger partial charge in [0, 0.05) is 12.2 Å². The molecule has 0 saturated heterocycles. The first-order chi connectivity index (χ1) is 5.59. The maximum absolute atomic E-state index is 5.75. The van der Waals surface area contributed by atoms with E-state index in [-0.39, 0.29) is 0 Å². The van der Waals surface area contributed by atoms with Gasteiger partial charge in [-0.15, -0.1) is 0 Å². The lowest BCUT2D eigenvalue weighted by Crippen LogP contribution is -2.10. The van der Waals surface area contributed by atoms with Crippen molar-refractivity contribution in [1.82, 2.24) is 4.98 Å². The number of pyridine rings is 1. The van der Waals surface area contributed by atoms with Crippen LogP contribution >= 0.6 is 34.2 Å². The number of halogens is 2. The fourth-order valence-corrected chi connectivity index (χ4v) is 1.44. The average Bonchev–Trinajstić information content (AvgIpc) is 1.96. The van der Waals surface area contributed by atoms with Crippen molar-refractivity contribution in [3.05, 3.63) is 21.0 Å². The minimum atomic E-state index is 0.414. The molecule has 0 atom stereocenters. The normalized spacial score (nSPS) is 10.4. The van der Waals surface area contributed by atoms with Crippen LogP contribution in [0.25, 0.3) is 0 Å². The molecule has 0 aromatic carbocycles. The fourth-order valence-electron chi connectivity index (χ4n) is 0.835.